The molecular formula is C24H16N4O2. The van der Waals surface area contributed by atoms with Crippen LogP contribution in [0.1, 0.15) is 16.1 Å². The summed E-state index contributed by atoms with van der Waals surface area (Å²) < 4.78 is 6.09. The number of ether oxygens (including phenoxy) is 1. The number of pyridine rings is 2. The molecule has 0 saturated carbocycles. The zero-order valence-electron chi connectivity index (χ0n) is 15.8. The van der Waals surface area contributed by atoms with E-state index in [1.807, 2.05) is 42.5 Å². The molecule has 0 radical (unpaired) electrons. The van der Waals surface area contributed by atoms with Crippen LogP contribution in [0.2, 0.25) is 0 Å². The molecule has 2 aromatic heterocycles. The number of amides is 1. The zero-order valence-corrected chi connectivity index (χ0v) is 15.8. The highest BCUT2D eigenvalue weighted by Crippen LogP contribution is 2.34. The van der Waals surface area contributed by atoms with Gasteiger partial charge in [-0.2, -0.15) is 5.26 Å². The van der Waals surface area contributed by atoms with Crippen molar-refractivity contribution >= 4 is 5.91 Å². The molecule has 0 aliphatic carbocycles. The third kappa shape index (κ3) is 4.01. The normalized spacial score (nSPS) is 10.2. The maximum absolute atomic E-state index is 11.4. The zero-order chi connectivity index (χ0) is 20.9. The van der Waals surface area contributed by atoms with Crippen LogP contribution in [-0.2, 0) is 0 Å². The fraction of sp³-hybridized carbons (Fsp3) is 0. The van der Waals surface area contributed by atoms with E-state index in [1.165, 1.54) is 0 Å². The quantitative estimate of drug-likeness (QED) is 0.536. The van der Waals surface area contributed by atoms with Gasteiger partial charge in [0.15, 0.2) is 0 Å². The Kier molecular flexibility index (Phi) is 5.18. The van der Waals surface area contributed by atoms with Gasteiger partial charge in [-0.1, -0.05) is 6.07 Å². The largest absolute Gasteiger partial charge is 0.457 e. The standard InChI is InChI=1S/C24H16N4O2/c25-15-16-4-9-23(20(14-16)17-10-12-27-13-11-17)30-19-7-5-18(6-8-19)21-2-1-3-22(28-21)24(26)29/h1-14H,(H2,26,29). The fourth-order valence-electron chi connectivity index (χ4n) is 3.00. The highest BCUT2D eigenvalue weighted by atomic mass is 16.5. The van der Waals surface area contributed by atoms with Crippen molar-refractivity contribution in [1.82, 2.24) is 9.97 Å². The minimum absolute atomic E-state index is 0.215. The van der Waals surface area contributed by atoms with Crippen molar-refractivity contribution in [2.24, 2.45) is 5.73 Å². The van der Waals surface area contributed by atoms with E-state index < -0.39 is 5.91 Å². The van der Waals surface area contributed by atoms with Crippen LogP contribution < -0.4 is 10.5 Å². The van der Waals surface area contributed by atoms with E-state index in [-0.39, 0.29) is 5.69 Å². The number of rotatable bonds is 5. The molecule has 0 aliphatic heterocycles. The molecule has 2 aromatic carbocycles. The van der Waals surface area contributed by atoms with Crippen molar-refractivity contribution in [2.45, 2.75) is 0 Å². The Morgan fingerprint density at radius 3 is 2.40 bits per heavy atom. The van der Waals surface area contributed by atoms with Gasteiger partial charge in [0.05, 0.1) is 17.3 Å². The Balaban J connectivity index is 1.64. The van der Waals surface area contributed by atoms with E-state index in [4.69, 9.17) is 10.5 Å². The summed E-state index contributed by atoms with van der Waals surface area (Å²) in [5.41, 5.74) is 9.26. The number of primary amides is 1. The molecule has 0 fully saturated rings. The monoisotopic (exact) mass is 392 g/mol. The van der Waals surface area contributed by atoms with Crippen molar-refractivity contribution in [2.75, 3.05) is 0 Å². The second-order valence-corrected chi connectivity index (χ2v) is 6.46. The van der Waals surface area contributed by atoms with Crippen molar-refractivity contribution in [3.63, 3.8) is 0 Å². The lowest BCUT2D eigenvalue weighted by molar-refractivity contribution is 0.0995. The molecule has 30 heavy (non-hydrogen) atoms. The maximum Gasteiger partial charge on any atom is 0.267 e. The molecule has 1 amide bonds. The van der Waals surface area contributed by atoms with Gasteiger partial charge in [-0.25, -0.2) is 4.98 Å². The Bertz CT molecular complexity index is 1250. The number of carbonyl (C=O) groups excluding carboxylic acids is 1. The van der Waals surface area contributed by atoms with Crippen LogP contribution in [0.15, 0.2) is 85.2 Å². The second kappa shape index (κ2) is 8.25. The minimum atomic E-state index is -0.568. The van der Waals surface area contributed by atoms with E-state index in [0.717, 1.165) is 16.7 Å². The lowest BCUT2D eigenvalue weighted by Gasteiger charge is -2.12. The Hall–Kier alpha value is -4.50. The van der Waals surface area contributed by atoms with Crippen molar-refractivity contribution < 1.29 is 9.53 Å². The molecule has 4 rings (SSSR count). The summed E-state index contributed by atoms with van der Waals surface area (Å²) in [6.07, 6.45) is 3.39. The van der Waals surface area contributed by atoms with Gasteiger partial charge in [-0.3, -0.25) is 9.78 Å². The van der Waals surface area contributed by atoms with Crippen LogP contribution in [0.4, 0.5) is 0 Å². The molecule has 0 spiro atoms. The number of nitrogens with two attached hydrogens (primary N) is 1. The molecular weight excluding hydrogens is 376 g/mol. The molecule has 6 heteroatoms. The Morgan fingerprint density at radius 2 is 1.70 bits per heavy atom. The first-order chi connectivity index (χ1) is 14.6. The molecule has 6 nitrogen and oxygen atoms in total. The van der Waals surface area contributed by atoms with E-state index in [2.05, 4.69) is 16.0 Å². The molecule has 144 valence electrons. The van der Waals surface area contributed by atoms with Crippen LogP contribution >= 0.6 is 0 Å². The number of nitrogens with zero attached hydrogens (tertiary/aromatic N) is 3. The summed E-state index contributed by atoms with van der Waals surface area (Å²) in [4.78, 5) is 19.7. The Morgan fingerprint density at radius 1 is 0.933 bits per heavy atom. The van der Waals surface area contributed by atoms with E-state index in [9.17, 15) is 10.1 Å². The first kappa shape index (κ1) is 18.8. The lowest BCUT2D eigenvalue weighted by atomic mass is 10.0. The molecule has 2 N–H and O–H groups in total. The first-order valence-electron chi connectivity index (χ1n) is 9.14. The molecule has 0 aliphatic rings. The predicted octanol–water partition coefficient (Wildman–Crippen LogP) is 4.57. The number of benzene rings is 2. The minimum Gasteiger partial charge on any atom is -0.457 e. The second-order valence-electron chi connectivity index (χ2n) is 6.46. The lowest BCUT2D eigenvalue weighted by Crippen LogP contribution is -2.12. The summed E-state index contributed by atoms with van der Waals surface area (Å²) in [5.74, 6) is 0.688. The SMILES string of the molecule is N#Cc1ccc(Oc2ccc(-c3cccc(C(N)=O)n3)cc2)c(-c2ccncc2)c1. The number of nitriles is 1. The van der Waals surface area contributed by atoms with Gasteiger partial charge < -0.3 is 10.5 Å². The molecule has 0 atom stereocenters. The predicted molar refractivity (Wildman–Crippen MR) is 113 cm³/mol. The van der Waals surface area contributed by atoms with Crippen LogP contribution in [0, 0.1) is 11.3 Å². The van der Waals surface area contributed by atoms with E-state index in [0.29, 0.717) is 22.8 Å². The number of hydrogen-bond acceptors (Lipinski definition) is 5. The summed E-state index contributed by atoms with van der Waals surface area (Å²) >= 11 is 0. The van der Waals surface area contributed by atoms with Crippen molar-refractivity contribution in [1.29, 1.82) is 5.26 Å². The van der Waals surface area contributed by atoms with Crippen LogP contribution in [0.3, 0.4) is 0 Å². The average molecular weight is 392 g/mol. The average Bonchev–Trinajstić information content (AvgIpc) is 2.80. The highest BCUT2D eigenvalue weighted by Gasteiger charge is 2.10. The molecule has 4 aromatic rings. The van der Waals surface area contributed by atoms with E-state index >= 15 is 0 Å². The third-order valence-electron chi connectivity index (χ3n) is 4.48. The van der Waals surface area contributed by atoms with Crippen LogP contribution in [0.5, 0.6) is 11.5 Å². The summed E-state index contributed by atoms with van der Waals surface area (Å²) in [5, 5.41) is 9.24. The molecule has 0 bridgehead atoms. The van der Waals surface area contributed by atoms with Crippen molar-refractivity contribution in [3.05, 3.63) is 96.4 Å². The van der Waals surface area contributed by atoms with Gasteiger partial charge in [0.25, 0.3) is 5.91 Å². The van der Waals surface area contributed by atoms with Gasteiger partial charge in [0.1, 0.15) is 17.2 Å². The number of aromatic nitrogens is 2. The Labute approximate surface area is 173 Å². The maximum atomic E-state index is 11.4. The fourth-order valence-corrected chi connectivity index (χ4v) is 3.00. The molecule has 0 unspecified atom stereocenters. The number of carbonyl (C=O) groups is 1. The molecule has 2 heterocycles. The summed E-state index contributed by atoms with van der Waals surface area (Å²) in [7, 11) is 0. The van der Waals surface area contributed by atoms with Crippen molar-refractivity contribution in [3.8, 4) is 40.0 Å². The molecule has 0 saturated heterocycles. The highest BCUT2D eigenvalue weighted by molar-refractivity contribution is 5.91. The first-order valence-corrected chi connectivity index (χ1v) is 9.14. The third-order valence-corrected chi connectivity index (χ3v) is 4.48. The van der Waals surface area contributed by atoms with Gasteiger partial charge in [-0.15, -0.1) is 0 Å². The smallest absolute Gasteiger partial charge is 0.267 e. The number of hydrogen-bond donors (Lipinski definition) is 1. The topological polar surface area (TPSA) is 102 Å². The van der Waals surface area contributed by atoms with Gasteiger partial charge in [0.2, 0.25) is 0 Å². The summed E-state index contributed by atoms with van der Waals surface area (Å²) in [6.45, 7) is 0. The van der Waals surface area contributed by atoms with E-state index in [1.54, 1.807) is 42.7 Å². The van der Waals surface area contributed by atoms with Gasteiger partial charge in [0, 0.05) is 23.5 Å². The van der Waals surface area contributed by atoms with Crippen LogP contribution in [0.25, 0.3) is 22.4 Å². The summed E-state index contributed by atoms with van der Waals surface area (Å²) in [6, 6.07) is 23.7. The van der Waals surface area contributed by atoms with Gasteiger partial charge >= 0.3 is 0 Å². The van der Waals surface area contributed by atoms with Gasteiger partial charge in [-0.05, 0) is 72.3 Å². The van der Waals surface area contributed by atoms with Crippen LogP contribution in [-0.4, -0.2) is 15.9 Å².